The van der Waals surface area contributed by atoms with E-state index < -0.39 is 0 Å². The van der Waals surface area contributed by atoms with Gasteiger partial charge in [0, 0.05) is 13.1 Å². The molecule has 2 aromatic rings. The predicted molar refractivity (Wildman–Crippen MR) is 97.8 cm³/mol. The third kappa shape index (κ3) is 4.83. The van der Waals surface area contributed by atoms with Crippen LogP contribution in [0.15, 0.2) is 48.5 Å². The predicted octanol–water partition coefficient (Wildman–Crippen LogP) is 2.62. The molecule has 0 aromatic heterocycles. The summed E-state index contributed by atoms with van der Waals surface area (Å²) in [7, 11) is 0. The van der Waals surface area contributed by atoms with E-state index in [2.05, 4.69) is 12.1 Å². The SMILES string of the molecule is O=C(COc1ccc2c(c1)CCC2)N(CCO)CCc1ccccc1. The summed E-state index contributed by atoms with van der Waals surface area (Å²) in [4.78, 5) is 14.1. The van der Waals surface area contributed by atoms with Crippen molar-refractivity contribution in [3.8, 4) is 5.75 Å². The molecule has 0 unspecified atom stereocenters. The molecule has 1 aliphatic carbocycles. The number of nitrogens with zero attached hydrogens (tertiary/aromatic N) is 1. The molecule has 0 heterocycles. The Kier molecular flexibility index (Phi) is 6.07. The second-order valence-corrected chi connectivity index (χ2v) is 6.41. The lowest BCUT2D eigenvalue weighted by Crippen LogP contribution is -2.38. The Morgan fingerprint density at radius 3 is 2.64 bits per heavy atom. The van der Waals surface area contributed by atoms with Crippen LogP contribution in [0.5, 0.6) is 5.75 Å². The van der Waals surface area contributed by atoms with Gasteiger partial charge in [0.2, 0.25) is 0 Å². The number of benzene rings is 2. The summed E-state index contributed by atoms with van der Waals surface area (Å²) < 4.78 is 5.70. The van der Waals surface area contributed by atoms with Crippen molar-refractivity contribution in [3.05, 3.63) is 65.2 Å². The number of carbonyl (C=O) groups excluding carboxylic acids is 1. The highest BCUT2D eigenvalue weighted by Gasteiger charge is 2.15. The van der Waals surface area contributed by atoms with Gasteiger partial charge in [-0.1, -0.05) is 36.4 Å². The van der Waals surface area contributed by atoms with Crippen LogP contribution in [0.3, 0.4) is 0 Å². The van der Waals surface area contributed by atoms with Crippen molar-refractivity contribution in [2.45, 2.75) is 25.7 Å². The van der Waals surface area contributed by atoms with Gasteiger partial charge in [-0.15, -0.1) is 0 Å². The number of aliphatic hydroxyl groups excluding tert-OH is 1. The molecule has 25 heavy (non-hydrogen) atoms. The molecule has 0 saturated heterocycles. The van der Waals surface area contributed by atoms with E-state index in [1.165, 1.54) is 23.1 Å². The largest absolute Gasteiger partial charge is 0.484 e. The molecule has 0 spiro atoms. The van der Waals surface area contributed by atoms with Gasteiger partial charge in [0.1, 0.15) is 5.75 Å². The average molecular weight is 339 g/mol. The van der Waals surface area contributed by atoms with Gasteiger partial charge in [-0.2, -0.15) is 0 Å². The van der Waals surface area contributed by atoms with E-state index in [1.54, 1.807) is 4.90 Å². The Morgan fingerprint density at radius 2 is 1.84 bits per heavy atom. The van der Waals surface area contributed by atoms with Gasteiger partial charge in [-0.3, -0.25) is 4.79 Å². The Labute approximate surface area is 149 Å². The molecule has 3 rings (SSSR count). The summed E-state index contributed by atoms with van der Waals surface area (Å²) in [5.41, 5.74) is 3.91. The van der Waals surface area contributed by atoms with Gasteiger partial charge in [0.05, 0.1) is 6.61 Å². The number of hydrogen-bond acceptors (Lipinski definition) is 3. The summed E-state index contributed by atoms with van der Waals surface area (Å²) in [5, 5.41) is 9.24. The van der Waals surface area contributed by atoms with E-state index in [4.69, 9.17) is 4.74 Å². The van der Waals surface area contributed by atoms with Gasteiger partial charge in [-0.25, -0.2) is 0 Å². The minimum absolute atomic E-state index is 0.00752. The topological polar surface area (TPSA) is 49.8 Å². The second kappa shape index (κ2) is 8.67. The summed E-state index contributed by atoms with van der Waals surface area (Å²) in [6, 6.07) is 16.1. The third-order valence-corrected chi connectivity index (χ3v) is 4.67. The fourth-order valence-electron chi connectivity index (χ4n) is 3.26. The smallest absolute Gasteiger partial charge is 0.260 e. The van der Waals surface area contributed by atoms with Crippen molar-refractivity contribution in [1.82, 2.24) is 4.90 Å². The summed E-state index contributed by atoms with van der Waals surface area (Å²) in [6.45, 7) is 0.878. The monoisotopic (exact) mass is 339 g/mol. The minimum Gasteiger partial charge on any atom is -0.484 e. The number of ether oxygens (including phenoxy) is 1. The Morgan fingerprint density at radius 1 is 1.04 bits per heavy atom. The van der Waals surface area contributed by atoms with Gasteiger partial charge in [-0.05, 0) is 54.5 Å². The lowest BCUT2D eigenvalue weighted by Gasteiger charge is -2.22. The first-order valence-electron chi connectivity index (χ1n) is 8.93. The fraction of sp³-hybridized carbons (Fsp3) is 0.381. The first-order chi connectivity index (χ1) is 12.3. The Bertz CT molecular complexity index is 700. The summed E-state index contributed by atoms with van der Waals surface area (Å²) in [5.74, 6) is 0.659. The highest BCUT2D eigenvalue weighted by Crippen LogP contribution is 2.26. The van der Waals surface area contributed by atoms with Crippen LogP contribution in [0.25, 0.3) is 0 Å². The summed E-state index contributed by atoms with van der Waals surface area (Å²) in [6.07, 6.45) is 4.19. The molecule has 0 fully saturated rings. The van der Waals surface area contributed by atoms with Crippen LogP contribution < -0.4 is 4.74 Å². The molecular weight excluding hydrogens is 314 g/mol. The maximum atomic E-state index is 12.5. The standard InChI is InChI=1S/C21H25NO3/c23-14-13-22(12-11-17-5-2-1-3-6-17)21(24)16-25-20-10-9-18-7-4-8-19(18)15-20/h1-3,5-6,9-10,15,23H,4,7-8,11-14,16H2. The normalized spacial score (nSPS) is 12.7. The maximum Gasteiger partial charge on any atom is 0.260 e. The van der Waals surface area contributed by atoms with Crippen molar-refractivity contribution in [1.29, 1.82) is 0 Å². The van der Waals surface area contributed by atoms with E-state index in [0.717, 1.165) is 25.0 Å². The molecule has 132 valence electrons. The van der Waals surface area contributed by atoms with Crippen LogP contribution in [0.1, 0.15) is 23.1 Å². The zero-order valence-corrected chi connectivity index (χ0v) is 14.5. The lowest BCUT2D eigenvalue weighted by atomic mass is 10.1. The number of carbonyl (C=O) groups is 1. The quantitative estimate of drug-likeness (QED) is 0.804. The third-order valence-electron chi connectivity index (χ3n) is 4.67. The first kappa shape index (κ1) is 17.5. The highest BCUT2D eigenvalue weighted by molar-refractivity contribution is 5.77. The molecule has 4 heteroatoms. The van der Waals surface area contributed by atoms with Crippen LogP contribution in [0.4, 0.5) is 0 Å². The molecule has 0 aliphatic heterocycles. The first-order valence-corrected chi connectivity index (χ1v) is 8.93. The number of aryl methyl sites for hydroxylation is 2. The lowest BCUT2D eigenvalue weighted by molar-refractivity contribution is -0.133. The Balaban J connectivity index is 1.53. The number of fused-ring (bicyclic) bond motifs is 1. The second-order valence-electron chi connectivity index (χ2n) is 6.41. The van der Waals surface area contributed by atoms with E-state index in [1.807, 2.05) is 36.4 Å². The summed E-state index contributed by atoms with van der Waals surface area (Å²) >= 11 is 0. The van der Waals surface area contributed by atoms with Crippen molar-refractivity contribution >= 4 is 5.91 Å². The molecule has 0 atom stereocenters. The van der Waals surface area contributed by atoms with Crippen molar-refractivity contribution in [2.24, 2.45) is 0 Å². The fourth-order valence-corrected chi connectivity index (χ4v) is 3.26. The average Bonchev–Trinajstić information content (AvgIpc) is 3.12. The van der Waals surface area contributed by atoms with Crippen molar-refractivity contribution in [3.63, 3.8) is 0 Å². The van der Waals surface area contributed by atoms with E-state index in [9.17, 15) is 9.90 Å². The molecule has 4 nitrogen and oxygen atoms in total. The molecule has 0 radical (unpaired) electrons. The molecule has 1 amide bonds. The molecule has 0 bridgehead atoms. The molecule has 0 saturated carbocycles. The van der Waals surface area contributed by atoms with Crippen LogP contribution in [-0.2, 0) is 24.1 Å². The minimum atomic E-state index is -0.0921. The van der Waals surface area contributed by atoms with E-state index in [-0.39, 0.29) is 19.1 Å². The molecule has 2 aromatic carbocycles. The molecular formula is C21H25NO3. The van der Waals surface area contributed by atoms with E-state index in [0.29, 0.717) is 13.1 Å². The van der Waals surface area contributed by atoms with Crippen molar-refractivity contribution < 1.29 is 14.6 Å². The number of rotatable bonds is 8. The van der Waals surface area contributed by atoms with Crippen LogP contribution in [0, 0.1) is 0 Å². The van der Waals surface area contributed by atoms with Gasteiger partial charge in [0.15, 0.2) is 6.61 Å². The van der Waals surface area contributed by atoms with Gasteiger partial charge < -0.3 is 14.7 Å². The number of aliphatic hydroxyl groups is 1. The zero-order chi connectivity index (χ0) is 17.5. The van der Waals surface area contributed by atoms with Crippen LogP contribution in [-0.4, -0.2) is 42.2 Å². The maximum absolute atomic E-state index is 12.5. The molecule has 1 N–H and O–H groups in total. The van der Waals surface area contributed by atoms with Crippen LogP contribution >= 0.6 is 0 Å². The number of amides is 1. The Hall–Kier alpha value is -2.33. The highest BCUT2D eigenvalue weighted by atomic mass is 16.5. The number of hydrogen-bond donors (Lipinski definition) is 1. The zero-order valence-electron chi connectivity index (χ0n) is 14.5. The molecule has 1 aliphatic rings. The van der Waals surface area contributed by atoms with Crippen LogP contribution in [0.2, 0.25) is 0 Å². The van der Waals surface area contributed by atoms with Gasteiger partial charge >= 0.3 is 0 Å². The van der Waals surface area contributed by atoms with E-state index >= 15 is 0 Å². The van der Waals surface area contributed by atoms with Gasteiger partial charge in [0.25, 0.3) is 5.91 Å². The van der Waals surface area contributed by atoms with Crippen molar-refractivity contribution in [2.75, 3.05) is 26.3 Å².